The number of Topliss-reactive ketones (excluding diaryl/α,β-unsaturated/α-hetero) is 1. The van der Waals surface area contributed by atoms with Crippen molar-refractivity contribution in [2.75, 3.05) is 0 Å². The molecule has 45 heavy (non-hydrogen) atoms. The summed E-state index contributed by atoms with van der Waals surface area (Å²) in [4.78, 5) is 23.7. The average Bonchev–Trinajstić information content (AvgIpc) is 3.41. The Morgan fingerprint density at radius 3 is 2.18 bits per heavy atom. The van der Waals surface area contributed by atoms with Gasteiger partial charge in [-0.25, -0.2) is 4.39 Å². The minimum atomic E-state index is -1.69. The van der Waals surface area contributed by atoms with E-state index in [4.69, 9.17) is 0 Å². The van der Waals surface area contributed by atoms with Gasteiger partial charge < -0.3 is 15.3 Å². The van der Waals surface area contributed by atoms with Crippen molar-refractivity contribution in [2.24, 2.45) is 57.2 Å². The van der Waals surface area contributed by atoms with Crippen molar-refractivity contribution < 1.29 is 29.3 Å². The lowest BCUT2D eigenvalue weighted by molar-refractivity contribution is -0.225. The SMILES string of the molecule is C[C@]1(O)CC[C@H]2[C@@H]3CCC4=CC(=O)CC[C@]4(C)[C@@]3(F)[C@@H](O)C[C@@]21C.C[C@]12CCC(=O)C[C@@H]1CC[C@@H]1[C@@H]2CC[C@]2(C)[C@@H](O)CC[C@@H]12. The molecule has 0 aromatic carbocycles. The summed E-state index contributed by atoms with van der Waals surface area (Å²) in [6, 6.07) is 0. The molecule has 8 aliphatic rings. The number of carbonyl (C=O) groups excluding carboxylic acids is 2. The van der Waals surface area contributed by atoms with Crippen molar-refractivity contribution in [3.8, 4) is 0 Å². The topological polar surface area (TPSA) is 94.8 Å². The van der Waals surface area contributed by atoms with Crippen molar-refractivity contribution in [3.63, 3.8) is 0 Å². The molecular formula is C39H59FO5. The lowest BCUT2D eigenvalue weighted by Gasteiger charge is -2.63. The number of aliphatic hydroxyl groups excluding tert-OH is 2. The highest BCUT2D eigenvalue weighted by atomic mass is 19.1. The van der Waals surface area contributed by atoms with Gasteiger partial charge in [0.1, 0.15) is 11.5 Å². The van der Waals surface area contributed by atoms with Gasteiger partial charge in [-0.1, -0.05) is 33.3 Å². The molecule has 0 unspecified atom stereocenters. The quantitative estimate of drug-likeness (QED) is 0.263. The van der Waals surface area contributed by atoms with Crippen LogP contribution in [-0.4, -0.2) is 50.4 Å². The molecule has 8 rings (SSSR count). The van der Waals surface area contributed by atoms with E-state index < -0.39 is 28.2 Å². The van der Waals surface area contributed by atoms with Gasteiger partial charge in [0.25, 0.3) is 0 Å². The van der Waals surface area contributed by atoms with Crippen LogP contribution in [0.1, 0.15) is 137 Å². The van der Waals surface area contributed by atoms with Gasteiger partial charge in [-0.2, -0.15) is 0 Å². The summed E-state index contributed by atoms with van der Waals surface area (Å²) in [7, 11) is 0. The molecule has 252 valence electrons. The second-order valence-corrected chi connectivity index (χ2v) is 18.5. The Bertz CT molecular complexity index is 1280. The van der Waals surface area contributed by atoms with Crippen LogP contribution >= 0.6 is 0 Å². The van der Waals surface area contributed by atoms with Crippen LogP contribution < -0.4 is 0 Å². The van der Waals surface area contributed by atoms with Gasteiger partial charge >= 0.3 is 0 Å². The molecule has 7 fully saturated rings. The number of rotatable bonds is 0. The molecule has 5 nitrogen and oxygen atoms in total. The van der Waals surface area contributed by atoms with Gasteiger partial charge in [0.2, 0.25) is 0 Å². The van der Waals surface area contributed by atoms with E-state index in [9.17, 15) is 24.9 Å². The maximum atomic E-state index is 16.6. The lowest BCUT2D eigenvalue weighted by atomic mass is 9.44. The maximum Gasteiger partial charge on any atom is 0.155 e. The largest absolute Gasteiger partial charge is 0.393 e. The van der Waals surface area contributed by atoms with Crippen LogP contribution in [0.2, 0.25) is 0 Å². The zero-order valence-corrected chi connectivity index (χ0v) is 28.5. The Labute approximate surface area is 270 Å². The molecule has 0 saturated heterocycles. The summed E-state index contributed by atoms with van der Waals surface area (Å²) >= 11 is 0. The standard InChI is InChI=1S/C20H29FO3.C19H30O2/c1-17-8-6-13(22)10-12(17)4-5-15-14-7-9-19(3,24)18(14,2)11-16(23)20(15,17)21;1-18-9-7-13(20)11-12(18)3-4-14-15-5-6-17(21)19(15,2)10-8-16(14)18/h10,14-16,23-24H,4-9,11H2,1-3H3;12,14-17,21H,3-11H2,1-2H3/t14-,15-,16-,17-,18-,19-,20-;12-,14-,15-,16-,17-,18-,19-/m00/s1. The Morgan fingerprint density at radius 1 is 0.711 bits per heavy atom. The molecule has 14 atom stereocenters. The van der Waals surface area contributed by atoms with Crippen molar-refractivity contribution in [1.29, 1.82) is 0 Å². The van der Waals surface area contributed by atoms with Crippen LogP contribution in [0.5, 0.6) is 0 Å². The highest BCUT2D eigenvalue weighted by Crippen LogP contribution is 2.70. The summed E-state index contributed by atoms with van der Waals surface area (Å²) in [6.07, 6.45) is 14.6. The van der Waals surface area contributed by atoms with Crippen molar-refractivity contribution in [1.82, 2.24) is 0 Å². The number of alkyl halides is 1. The summed E-state index contributed by atoms with van der Waals surface area (Å²) < 4.78 is 16.6. The molecule has 0 aliphatic heterocycles. The monoisotopic (exact) mass is 626 g/mol. The van der Waals surface area contributed by atoms with Gasteiger partial charge in [0.05, 0.1) is 17.8 Å². The molecule has 8 aliphatic carbocycles. The molecule has 6 heteroatoms. The minimum absolute atomic E-state index is 0.0677. The Kier molecular flexibility index (Phi) is 7.53. The Balaban J connectivity index is 0.000000146. The lowest BCUT2D eigenvalue weighted by Crippen LogP contribution is -2.68. The van der Waals surface area contributed by atoms with E-state index in [1.54, 1.807) is 6.08 Å². The predicted octanol–water partition coefficient (Wildman–Crippen LogP) is 7.29. The third-order valence-electron chi connectivity index (χ3n) is 17.0. The smallest absolute Gasteiger partial charge is 0.155 e. The van der Waals surface area contributed by atoms with Crippen LogP contribution in [0.3, 0.4) is 0 Å². The van der Waals surface area contributed by atoms with Crippen molar-refractivity contribution in [3.05, 3.63) is 11.6 Å². The third kappa shape index (κ3) is 4.32. The summed E-state index contributed by atoms with van der Waals surface area (Å²) in [6.45, 7) is 10.6. The summed E-state index contributed by atoms with van der Waals surface area (Å²) in [5.41, 5.74) is -2.24. The molecule has 3 N–H and O–H groups in total. The first kappa shape index (κ1) is 32.4. The number of hydrogen-bond donors (Lipinski definition) is 3. The zero-order valence-electron chi connectivity index (χ0n) is 28.5. The van der Waals surface area contributed by atoms with E-state index in [-0.39, 0.29) is 29.1 Å². The van der Waals surface area contributed by atoms with Gasteiger partial charge in [-0.15, -0.1) is 0 Å². The molecule has 0 aromatic heterocycles. The van der Waals surface area contributed by atoms with E-state index in [2.05, 4.69) is 13.8 Å². The summed E-state index contributed by atoms with van der Waals surface area (Å²) in [5, 5.41) is 32.3. The van der Waals surface area contributed by atoms with Crippen LogP contribution in [0.15, 0.2) is 11.6 Å². The highest BCUT2D eigenvalue weighted by molar-refractivity contribution is 5.91. The second kappa shape index (κ2) is 10.4. The van der Waals surface area contributed by atoms with Gasteiger partial charge in [0.15, 0.2) is 5.78 Å². The van der Waals surface area contributed by atoms with E-state index in [0.29, 0.717) is 49.2 Å². The van der Waals surface area contributed by atoms with Crippen LogP contribution in [0.4, 0.5) is 4.39 Å². The number of hydrogen-bond acceptors (Lipinski definition) is 5. The first-order valence-electron chi connectivity index (χ1n) is 18.5. The van der Waals surface area contributed by atoms with Crippen LogP contribution in [-0.2, 0) is 9.59 Å². The first-order valence-corrected chi connectivity index (χ1v) is 18.5. The Morgan fingerprint density at radius 2 is 1.42 bits per heavy atom. The fourth-order valence-electron chi connectivity index (χ4n) is 13.8. The number of ketones is 2. The predicted molar refractivity (Wildman–Crippen MR) is 172 cm³/mol. The van der Waals surface area contributed by atoms with Crippen LogP contribution in [0.25, 0.3) is 0 Å². The van der Waals surface area contributed by atoms with Gasteiger partial charge in [-0.3, -0.25) is 9.59 Å². The highest BCUT2D eigenvalue weighted by Gasteiger charge is 2.72. The molecule has 0 aromatic rings. The first-order chi connectivity index (χ1) is 21.0. The molecule has 0 bridgehead atoms. The molecule has 0 heterocycles. The molecule has 0 amide bonds. The van der Waals surface area contributed by atoms with Crippen molar-refractivity contribution in [2.45, 2.75) is 161 Å². The fraction of sp³-hybridized carbons (Fsp3) is 0.897. The molecule has 0 spiro atoms. The van der Waals surface area contributed by atoms with E-state index in [1.165, 1.54) is 32.1 Å². The Hall–Kier alpha value is -1.11. The van der Waals surface area contributed by atoms with E-state index in [0.717, 1.165) is 61.9 Å². The fourth-order valence-corrected chi connectivity index (χ4v) is 13.8. The van der Waals surface area contributed by atoms with Gasteiger partial charge in [0, 0.05) is 36.0 Å². The van der Waals surface area contributed by atoms with E-state index >= 15 is 4.39 Å². The summed E-state index contributed by atoms with van der Waals surface area (Å²) in [5.74, 6) is 3.46. The number of carbonyl (C=O) groups is 2. The third-order valence-corrected chi connectivity index (χ3v) is 17.0. The van der Waals surface area contributed by atoms with Gasteiger partial charge in [-0.05, 0) is 137 Å². The zero-order chi connectivity index (χ0) is 32.4. The number of halogens is 1. The normalized spacial score (nSPS) is 56.8. The number of fused-ring (bicyclic) bond motifs is 10. The second-order valence-electron chi connectivity index (χ2n) is 18.5. The average molecular weight is 627 g/mol. The van der Waals surface area contributed by atoms with Crippen molar-refractivity contribution >= 4 is 11.6 Å². The molecule has 0 radical (unpaired) electrons. The van der Waals surface area contributed by atoms with E-state index in [1.807, 2.05) is 20.8 Å². The maximum absolute atomic E-state index is 16.6. The molecule has 7 saturated carbocycles. The number of allylic oxidation sites excluding steroid dienone is 1. The minimum Gasteiger partial charge on any atom is -0.393 e. The van der Waals surface area contributed by atoms with Crippen LogP contribution in [0, 0.1) is 57.2 Å². The number of aliphatic hydroxyl groups is 3. The molecular weight excluding hydrogens is 567 g/mol.